The molecule has 0 heterocycles. The van der Waals surface area contributed by atoms with E-state index in [1.807, 2.05) is 18.2 Å². The standard InChI is InChI=1S/C11H18N2O/c1-9(14)13-11(8-12)7-10-5-3-2-4-6-10/h2-6,9,11,13-14H,7-8,12H2,1H3/t9-,11?/m0/s1. The molecular weight excluding hydrogens is 176 g/mol. The smallest absolute Gasteiger partial charge is 0.102 e. The number of rotatable bonds is 5. The number of benzene rings is 1. The highest BCUT2D eigenvalue weighted by molar-refractivity contribution is 5.15. The van der Waals surface area contributed by atoms with Crippen molar-refractivity contribution in [2.24, 2.45) is 5.73 Å². The number of hydrogen-bond donors (Lipinski definition) is 3. The molecule has 2 atom stereocenters. The lowest BCUT2D eigenvalue weighted by atomic mass is 10.1. The molecule has 0 aliphatic heterocycles. The minimum Gasteiger partial charge on any atom is -0.379 e. The van der Waals surface area contributed by atoms with E-state index in [4.69, 9.17) is 10.8 Å². The first kappa shape index (κ1) is 11.2. The molecule has 1 unspecified atom stereocenters. The van der Waals surface area contributed by atoms with Gasteiger partial charge in [0.1, 0.15) is 6.23 Å². The number of hydrogen-bond acceptors (Lipinski definition) is 3. The van der Waals surface area contributed by atoms with Crippen LogP contribution in [0.2, 0.25) is 0 Å². The third-order valence-electron chi connectivity index (χ3n) is 2.09. The Morgan fingerprint density at radius 3 is 2.50 bits per heavy atom. The van der Waals surface area contributed by atoms with Crippen LogP contribution in [0.25, 0.3) is 0 Å². The van der Waals surface area contributed by atoms with E-state index in [0.717, 1.165) is 6.42 Å². The van der Waals surface area contributed by atoms with Gasteiger partial charge in [-0.05, 0) is 18.9 Å². The van der Waals surface area contributed by atoms with Crippen molar-refractivity contribution in [2.45, 2.75) is 25.6 Å². The van der Waals surface area contributed by atoms with Crippen molar-refractivity contribution < 1.29 is 5.11 Å². The Hall–Kier alpha value is -0.900. The fourth-order valence-electron chi connectivity index (χ4n) is 1.45. The molecule has 0 fully saturated rings. The van der Waals surface area contributed by atoms with Crippen molar-refractivity contribution in [3.05, 3.63) is 35.9 Å². The van der Waals surface area contributed by atoms with Crippen LogP contribution in [0.1, 0.15) is 12.5 Å². The average Bonchev–Trinajstić information content (AvgIpc) is 2.17. The Kier molecular flexibility index (Phi) is 4.59. The fraction of sp³-hybridized carbons (Fsp3) is 0.455. The number of nitrogens with two attached hydrogens (primary N) is 1. The van der Waals surface area contributed by atoms with Crippen LogP contribution in [0.15, 0.2) is 30.3 Å². The minimum absolute atomic E-state index is 0.136. The lowest BCUT2D eigenvalue weighted by Crippen LogP contribution is -2.42. The molecule has 0 aliphatic rings. The monoisotopic (exact) mass is 194 g/mol. The predicted molar refractivity (Wildman–Crippen MR) is 57.8 cm³/mol. The van der Waals surface area contributed by atoms with E-state index in [9.17, 15) is 0 Å². The molecule has 3 heteroatoms. The second-order valence-electron chi connectivity index (χ2n) is 3.46. The lowest BCUT2D eigenvalue weighted by molar-refractivity contribution is 0.141. The van der Waals surface area contributed by atoms with Crippen molar-refractivity contribution in [1.82, 2.24) is 5.32 Å². The van der Waals surface area contributed by atoms with Gasteiger partial charge >= 0.3 is 0 Å². The first-order chi connectivity index (χ1) is 6.72. The van der Waals surface area contributed by atoms with Crippen molar-refractivity contribution in [2.75, 3.05) is 6.54 Å². The van der Waals surface area contributed by atoms with Crippen molar-refractivity contribution in [1.29, 1.82) is 0 Å². The van der Waals surface area contributed by atoms with E-state index in [-0.39, 0.29) is 6.04 Å². The molecule has 1 rings (SSSR count). The molecule has 0 saturated carbocycles. The topological polar surface area (TPSA) is 58.3 Å². The normalized spacial score (nSPS) is 15.1. The van der Waals surface area contributed by atoms with Gasteiger partial charge in [-0.15, -0.1) is 0 Å². The van der Waals surface area contributed by atoms with Gasteiger partial charge in [-0.3, -0.25) is 5.32 Å². The van der Waals surface area contributed by atoms with Gasteiger partial charge in [-0.2, -0.15) is 0 Å². The van der Waals surface area contributed by atoms with Gasteiger partial charge in [0.15, 0.2) is 0 Å². The largest absolute Gasteiger partial charge is 0.379 e. The number of nitrogens with one attached hydrogen (secondary N) is 1. The Labute approximate surface area is 84.9 Å². The zero-order valence-electron chi connectivity index (χ0n) is 8.48. The van der Waals surface area contributed by atoms with Gasteiger partial charge < -0.3 is 10.8 Å². The molecule has 0 aromatic heterocycles. The first-order valence-electron chi connectivity index (χ1n) is 4.90. The zero-order valence-corrected chi connectivity index (χ0v) is 8.48. The summed E-state index contributed by atoms with van der Waals surface area (Å²) >= 11 is 0. The Morgan fingerprint density at radius 1 is 1.36 bits per heavy atom. The Balaban J connectivity index is 2.48. The number of aliphatic hydroxyl groups excluding tert-OH is 1. The van der Waals surface area contributed by atoms with E-state index >= 15 is 0 Å². The van der Waals surface area contributed by atoms with Crippen LogP contribution >= 0.6 is 0 Å². The van der Waals surface area contributed by atoms with Crippen LogP contribution in [-0.2, 0) is 6.42 Å². The second kappa shape index (κ2) is 5.75. The van der Waals surface area contributed by atoms with Gasteiger partial charge in [-0.25, -0.2) is 0 Å². The molecule has 1 aromatic rings. The van der Waals surface area contributed by atoms with Crippen LogP contribution in [0.3, 0.4) is 0 Å². The quantitative estimate of drug-likeness (QED) is 0.598. The molecule has 1 aromatic carbocycles. The van der Waals surface area contributed by atoms with Crippen LogP contribution < -0.4 is 11.1 Å². The predicted octanol–water partition coefficient (Wildman–Crippen LogP) is 0.484. The van der Waals surface area contributed by atoms with Crippen LogP contribution in [-0.4, -0.2) is 23.9 Å². The highest BCUT2D eigenvalue weighted by Gasteiger charge is 2.08. The molecule has 0 saturated heterocycles. The number of aliphatic hydroxyl groups is 1. The maximum atomic E-state index is 9.17. The highest BCUT2D eigenvalue weighted by atomic mass is 16.3. The summed E-state index contributed by atoms with van der Waals surface area (Å²) < 4.78 is 0. The summed E-state index contributed by atoms with van der Waals surface area (Å²) in [4.78, 5) is 0. The van der Waals surface area contributed by atoms with Crippen LogP contribution in [0.4, 0.5) is 0 Å². The summed E-state index contributed by atoms with van der Waals surface area (Å²) in [5.41, 5.74) is 6.83. The summed E-state index contributed by atoms with van der Waals surface area (Å²) in [6.45, 7) is 2.23. The minimum atomic E-state index is -0.507. The molecule has 0 bridgehead atoms. The maximum Gasteiger partial charge on any atom is 0.102 e. The molecule has 0 radical (unpaired) electrons. The lowest BCUT2D eigenvalue weighted by Gasteiger charge is -2.18. The molecule has 14 heavy (non-hydrogen) atoms. The van der Waals surface area contributed by atoms with E-state index in [2.05, 4.69) is 17.4 Å². The van der Waals surface area contributed by atoms with E-state index in [1.54, 1.807) is 6.92 Å². The average molecular weight is 194 g/mol. The Morgan fingerprint density at radius 2 is 2.00 bits per heavy atom. The van der Waals surface area contributed by atoms with Crippen molar-refractivity contribution in [3.63, 3.8) is 0 Å². The van der Waals surface area contributed by atoms with E-state index < -0.39 is 6.23 Å². The summed E-state index contributed by atoms with van der Waals surface area (Å²) in [7, 11) is 0. The molecule has 3 nitrogen and oxygen atoms in total. The third-order valence-corrected chi connectivity index (χ3v) is 2.09. The second-order valence-corrected chi connectivity index (χ2v) is 3.46. The zero-order chi connectivity index (χ0) is 10.4. The molecule has 4 N–H and O–H groups in total. The maximum absolute atomic E-state index is 9.17. The molecule has 78 valence electrons. The summed E-state index contributed by atoms with van der Waals surface area (Å²) in [5, 5.41) is 12.2. The van der Waals surface area contributed by atoms with Gasteiger partial charge in [0.05, 0.1) is 0 Å². The van der Waals surface area contributed by atoms with E-state index in [0.29, 0.717) is 6.54 Å². The molecule has 0 amide bonds. The molecule has 0 aliphatic carbocycles. The van der Waals surface area contributed by atoms with Crippen LogP contribution in [0, 0.1) is 0 Å². The van der Waals surface area contributed by atoms with Crippen molar-refractivity contribution >= 4 is 0 Å². The third kappa shape index (κ3) is 3.87. The summed E-state index contributed by atoms with van der Waals surface area (Å²) in [6.07, 6.45) is 0.342. The Bertz CT molecular complexity index is 249. The highest BCUT2D eigenvalue weighted by Crippen LogP contribution is 2.02. The van der Waals surface area contributed by atoms with Crippen molar-refractivity contribution in [3.8, 4) is 0 Å². The summed E-state index contributed by atoms with van der Waals surface area (Å²) in [5.74, 6) is 0. The van der Waals surface area contributed by atoms with Gasteiger partial charge in [0, 0.05) is 12.6 Å². The van der Waals surface area contributed by atoms with Gasteiger partial charge in [0.2, 0.25) is 0 Å². The molecular formula is C11H18N2O. The first-order valence-corrected chi connectivity index (χ1v) is 4.90. The molecule has 0 spiro atoms. The SMILES string of the molecule is C[C@H](O)NC(CN)Cc1ccccc1. The van der Waals surface area contributed by atoms with Gasteiger partial charge in [-0.1, -0.05) is 30.3 Å². The van der Waals surface area contributed by atoms with Crippen LogP contribution in [0.5, 0.6) is 0 Å². The van der Waals surface area contributed by atoms with E-state index in [1.165, 1.54) is 5.56 Å². The fourth-order valence-corrected chi connectivity index (χ4v) is 1.45. The summed E-state index contributed by atoms with van der Waals surface area (Å²) in [6, 6.07) is 10.3. The van der Waals surface area contributed by atoms with Gasteiger partial charge in [0.25, 0.3) is 0 Å².